The van der Waals surface area contributed by atoms with Gasteiger partial charge in [-0.3, -0.25) is 9.69 Å². The molecule has 1 amide bonds. The van der Waals surface area contributed by atoms with Crippen LogP contribution in [0.4, 0.5) is 0 Å². The van der Waals surface area contributed by atoms with Crippen LogP contribution in [0, 0.1) is 5.41 Å². The molecule has 2 aliphatic rings. The number of rotatable bonds is 3. The minimum Gasteiger partial charge on any atom is -0.419 e. The molecule has 1 atom stereocenters. The van der Waals surface area contributed by atoms with Crippen LogP contribution in [0.3, 0.4) is 0 Å². The molecular weight excluding hydrogens is 360 g/mol. The second kappa shape index (κ2) is 6.28. The quantitative estimate of drug-likeness (QED) is 0.698. The minimum atomic E-state index is 0.105. The van der Waals surface area contributed by atoms with E-state index in [9.17, 15) is 4.79 Å². The molecule has 138 valence electrons. The molecule has 5 rings (SSSR count). The maximum absolute atomic E-state index is 12.5. The largest absolute Gasteiger partial charge is 0.419 e. The fourth-order valence-electron chi connectivity index (χ4n) is 4.32. The number of carbonyl (C=O) groups is 1. The van der Waals surface area contributed by atoms with Gasteiger partial charge in [0.25, 0.3) is 5.91 Å². The summed E-state index contributed by atoms with van der Waals surface area (Å²) in [6.07, 6.45) is 0.938. The Morgan fingerprint density at radius 2 is 2.00 bits per heavy atom. The lowest BCUT2D eigenvalue weighted by Gasteiger charge is -2.48. The number of hydrogen-bond acceptors (Lipinski definition) is 6. The maximum Gasteiger partial charge on any atom is 0.254 e. The Hall–Kier alpha value is -2.51. The lowest BCUT2D eigenvalue weighted by atomic mass is 9.77. The van der Waals surface area contributed by atoms with E-state index < -0.39 is 0 Å². The van der Waals surface area contributed by atoms with Gasteiger partial charge in [0.2, 0.25) is 11.8 Å². The van der Waals surface area contributed by atoms with E-state index in [1.54, 1.807) is 11.3 Å². The summed E-state index contributed by atoms with van der Waals surface area (Å²) >= 11 is 1.56. The molecule has 2 aliphatic heterocycles. The average molecular weight is 380 g/mol. The lowest BCUT2D eigenvalue weighted by molar-refractivity contribution is 0.0115. The Morgan fingerprint density at radius 3 is 2.74 bits per heavy atom. The van der Waals surface area contributed by atoms with Gasteiger partial charge in [-0.05, 0) is 37.0 Å². The predicted octanol–water partition coefficient (Wildman–Crippen LogP) is 3.32. The molecule has 27 heavy (non-hydrogen) atoms. The first-order valence-corrected chi connectivity index (χ1v) is 9.98. The van der Waals surface area contributed by atoms with Crippen LogP contribution >= 0.6 is 11.3 Å². The van der Waals surface area contributed by atoms with Crippen LogP contribution < -0.4 is 0 Å². The molecule has 7 heteroatoms. The Kier molecular flexibility index (Phi) is 3.87. The highest BCUT2D eigenvalue weighted by Crippen LogP contribution is 2.47. The van der Waals surface area contributed by atoms with E-state index in [4.69, 9.17) is 4.42 Å². The van der Waals surface area contributed by atoms with Gasteiger partial charge < -0.3 is 9.32 Å². The van der Waals surface area contributed by atoms with E-state index in [1.165, 1.54) is 0 Å². The zero-order chi connectivity index (χ0) is 18.4. The van der Waals surface area contributed by atoms with Crippen LogP contribution in [0.5, 0.6) is 0 Å². The first kappa shape index (κ1) is 16.6. The Morgan fingerprint density at radius 1 is 1.19 bits per heavy atom. The lowest BCUT2D eigenvalue weighted by Crippen LogP contribution is -2.59. The van der Waals surface area contributed by atoms with Gasteiger partial charge in [-0.1, -0.05) is 18.2 Å². The normalized spacial score (nSPS) is 21.5. The third-order valence-electron chi connectivity index (χ3n) is 5.60. The molecule has 1 spiro atoms. The fourth-order valence-corrected chi connectivity index (χ4v) is 4.95. The zero-order valence-corrected chi connectivity index (χ0v) is 15.9. The molecule has 0 aliphatic carbocycles. The van der Waals surface area contributed by atoms with E-state index in [0.29, 0.717) is 11.8 Å². The number of thiophene rings is 1. The first-order chi connectivity index (χ1) is 13.1. The molecule has 1 aromatic carbocycles. The van der Waals surface area contributed by atoms with Crippen LogP contribution in [-0.2, 0) is 0 Å². The van der Waals surface area contributed by atoms with Crippen LogP contribution in [0.25, 0.3) is 11.5 Å². The van der Waals surface area contributed by atoms with Crippen LogP contribution in [0.15, 0.2) is 51.6 Å². The van der Waals surface area contributed by atoms with E-state index >= 15 is 0 Å². The third kappa shape index (κ3) is 2.87. The van der Waals surface area contributed by atoms with Crippen molar-refractivity contribution in [3.05, 3.63) is 58.6 Å². The second-order valence-corrected chi connectivity index (χ2v) is 8.40. The topological polar surface area (TPSA) is 62.5 Å². The summed E-state index contributed by atoms with van der Waals surface area (Å²) in [7, 11) is 2.09. The fraction of sp³-hybridized carbons (Fsp3) is 0.350. The van der Waals surface area contributed by atoms with Gasteiger partial charge in [-0.2, -0.15) is 11.3 Å². The van der Waals surface area contributed by atoms with E-state index in [1.807, 2.05) is 52.1 Å². The molecule has 0 saturated carbocycles. The molecule has 2 aromatic heterocycles. The molecule has 2 fully saturated rings. The Balaban J connectivity index is 1.29. The Labute approximate surface area is 161 Å². The smallest absolute Gasteiger partial charge is 0.254 e. The summed E-state index contributed by atoms with van der Waals surface area (Å²) in [5, 5.41) is 12.4. The Bertz CT molecular complexity index is 948. The van der Waals surface area contributed by atoms with E-state index in [-0.39, 0.29) is 17.4 Å². The van der Waals surface area contributed by atoms with Gasteiger partial charge in [0.1, 0.15) is 0 Å². The SMILES string of the molecule is CN1CC2(CC1c1nnc(-c3ccccc3)o1)CN(C(=O)c1ccsc1)C2. The number of likely N-dealkylation sites (tertiary alicyclic amines) is 2. The van der Waals surface area contributed by atoms with Gasteiger partial charge in [-0.25, -0.2) is 0 Å². The van der Waals surface area contributed by atoms with Crippen molar-refractivity contribution >= 4 is 17.2 Å². The zero-order valence-electron chi connectivity index (χ0n) is 15.0. The van der Waals surface area contributed by atoms with Gasteiger partial charge in [0.15, 0.2) is 0 Å². The number of benzene rings is 1. The third-order valence-corrected chi connectivity index (χ3v) is 6.28. The molecule has 0 bridgehead atoms. The predicted molar refractivity (Wildman–Crippen MR) is 102 cm³/mol. The van der Waals surface area contributed by atoms with Crippen molar-refractivity contribution in [1.29, 1.82) is 0 Å². The van der Waals surface area contributed by atoms with Gasteiger partial charge in [0, 0.05) is 36.0 Å². The molecule has 6 nitrogen and oxygen atoms in total. The monoisotopic (exact) mass is 380 g/mol. The van der Waals surface area contributed by atoms with E-state index in [0.717, 1.165) is 37.2 Å². The standard InChI is InChI=1S/C20H20N4O2S/c1-23-11-20(12-24(13-20)19(25)15-7-8-27-10-15)9-16(23)18-22-21-17(26-18)14-5-3-2-4-6-14/h2-8,10,16H,9,11-13H2,1H3. The highest BCUT2D eigenvalue weighted by Gasteiger charge is 2.53. The van der Waals surface area contributed by atoms with Crippen LogP contribution in [-0.4, -0.2) is 52.6 Å². The van der Waals surface area contributed by atoms with Crippen LogP contribution in [0.2, 0.25) is 0 Å². The number of hydrogen-bond donors (Lipinski definition) is 0. The van der Waals surface area contributed by atoms with Gasteiger partial charge >= 0.3 is 0 Å². The summed E-state index contributed by atoms with van der Waals surface area (Å²) in [5.74, 6) is 1.36. The first-order valence-electron chi connectivity index (χ1n) is 9.04. The molecule has 0 N–H and O–H groups in total. The summed E-state index contributed by atoms with van der Waals surface area (Å²) in [6, 6.07) is 11.8. The molecule has 3 aromatic rings. The van der Waals surface area contributed by atoms with Crippen molar-refractivity contribution < 1.29 is 9.21 Å². The number of amides is 1. The van der Waals surface area contributed by atoms with E-state index in [2.05, 4.69) is 22.1 Å². The van der Waals surface area contributed by atoms with Gasteiger partial charge in [-0.15, -0.1) is 10.2 Å². The molecule has 0 radical (unpaired) electrons. The van der Waals surface area contributed by atoms with Crippen molar-refractivity contribution in [3.8, 4) is 11.5 Å². The average Bonchev–Trinajstić information content (AvgIpc) is 3.40. The summed E-state index contributed by atoms with van der Waals surface area (Å²) in [5.41, 5.74) is 1.86. The van der Waals surface area contributed by atoms with Crippen molar-refractivity contribution in [2.24, 2.45) is 5.41 Å². The molecule has 4 heterocycles. The van der Waals surface area contributed by atoms with Crippen LogP contribution in [0.1, 0.15) is 28.7 Å². The summed E-state index contributed by atoms with van der Waals surface area (Å²) in [4.78, 5) is 16.7. The van der Waals surface area contributed by atoms with Crippen molar-refractivity contribution in [3.63, 3.8) is 0 Å². The van der Waals surface area contributed by atoms with Gasteiger partial charge in [0.05, 0.1) is 11.6 Å². The van der Waals surface area contributed by atoms with Crippen molar-refractivity contribution in [1.82, 2.24) is 20.0 Å². The van der Waals surface area contributed by atoms with Crippen molar-refractivity contribution in [2.45, 2.75) is 12.5 Å². The highest BCUT2D eigenvalue weighted by molar-refractivity contribution is 7.08. The number of aromatic nitrogens is 2. The minimum absolute atomic E-state index is 0.105. The highest BCUT2D eigenvalue weighted by atomic mass is 32.1. The molecule has 2 saturated heterocycles. The summed E-state index contributed by atoms with van der Waals surface area (Å²) in [6.45, 7) is 2.53. The summed E-state index contributed by atoms with van der Waals surface area (Å²) < 4.78 is 5.98. The number of carbonyl (C=O) groups excluding carboxylic acids is 1. The molecular formula is C20H20N4O2S. The van der Waals surface area contributed by atoms with Crippen molar-refractivity contribution in [2.75, 3.05) is 26.7 Å². The second-order valence-electron chi connectivity index (χ2n) is 7.62. The maximum atomic E-state index is 12.5. The molecule has 1 unspecified atom stereocenters. The number of nitrogens with zero attached hydrogens (tertiary/aromatic N) is 4.